The van der Waals surface area contributed by atoms with E-state index in [1.54, 1.807) is 7.11 Å². The minimum Gasteiger partial charge on any atom is -0.383 e. The van der Waals surface area contributed by atoms with Gasteiger partial charge in [0.15, 0.2) is 0 Å². The van der Waals surface area contributed by atoms with Crippen molar-refractivity contribution in [1.82, 2.24) is 5.32 Å². The third-order valence-corrected chi connectivity index (χ3v) is 3.15. The van der Waals surface area contributed by atoms with Crippen molar-refractivity contribution >= 4 is 0 Å². The van der Waals surface area contributed by atoms with E-state index in [1.165, 1.54) is 17.5 Å². The molecule has 0 aliphatic rings. The molecule has 2 atom stereocenters. The summed E-state index contributed by atoms with van der Waals surface area (Å²) in [6.45, 7) is 7.38. The van der Waals surface area contributed by atoms with Crippen LogP contribution in [0.2, 0.25) is 0 Å². The van der Waals surface area contributed by atoms with Crippen LogP contribution in [0.25, 0.3) is 0 Å². The molecule has 96 valence electrons. The van der Waals surface area contributed by atoms with Crippen LogP contribution >= 0.6 is 0 Å². The van der Waals surface area contributed by atoms with Crippen LogP contribution in [0.5, 0.6) is 0 Å². The summed E-state index contributed by atoms with van der Waals surface area (Å²) < 4.78 is 5.26. The van der Waals surface area contributed by atoms with Gasteiger partial charge in [0.2, 0.25) is 0 Å². The maximum Gasteiger partial charge on any atom is 0.0616 e. The molecule has 17 heavy (non-hydrogen) atoms. The Kier molecular flexibility index (Phi) is 6.23. The molecule has 0 amide bonds. The Morgan fingerprint density at radius 2 is 2.00 bits per heavy atom. The highest BCUT2D eigenvalue weighted by Gasteiger charge is 2.13. The van der Waals surface area contributed by atoms with Crippen molar-refractivity contribution in [2.45, 2.75) is 45.7 Å². The molecular formula is C15H25NO. The highest BCUT2D eigenvalue weighted by atomic mass is 16.5. The summed E-state index contributed by atoms with van der Waals surface area (Å²) in [6.07, 6.45) is 2.34. The standard InChI is InChI=1S/C15H25NO/c1-5-8-14(11-17-4)16-13(3)15-10-7-6-9-12(15)2/h6-7,9-10,13-14,16H,5,8,11H2,1-4H3. The summed E-state index contributed by atoms with van der Waals surface area (Å²) in [4.78, 5) is 0. The first-order valence-corrected chi connectivity index (χ1v) is 6.49. The van der Waals surface area contributed by atoms with Crippen molar-refractivity contribution in [1.29, 1.82) is 0 Å². The monoisotopic (exact) mass is 235 g/mol. The lowest BCUT2D eigenvalue weighted by Crippen LogP contribution is -2.35. The van der Waals surface area contributed by atoms with E-state index in [0.717, 1.165) is 13.0 Å². The van der Waals surface area contributed by atoms with Gasteiger partial charge >= 0.3 is 0 Å². The molecule has 0 fully saturated rings. The zero-order chi connectivity index (χ0) is 12.7. The van der Waals surface area contributed by atoms with Gasteiger partial charge in [-0.25, -0.2) is 0 Å². The lowest BCUT2D eigenvalue weighted by molar-refractivity contribution is 0.157. The average molecular weight is 235 g/mol. The SMILES string of the molecule is CCCC(COC)NC(C)c1ccccc1C. The van der Waals surface area contributed by atoms with Crippen LogP contribution in [-0.2, 0) is 4.74 Å². The number of methoxy groups -OCH3 is 1. The second-order valence-corrected chi connectivity index (χ2v) is 4.69. The van der Waals surface area contributed by atoms with E-state index < -0.39 is 0 Å². The zero-order valence-electron chi connectivity index (χ0n) is 11.5. The number of benzene rings is 1. The number of aryl methyl sites for hydroxylation is 1. The van der Waals surface area contributed by atoms with Crippen molar-refractivity contribution in [2.75, 3.05) is 13.7 Å². The van der Waals surface area contributed by atoms with Gasteiger partial charge in [0, 0.05) is 19.2 Å². The van der Waals surface area contributed by atoms with E-state index in [0.29, 0.717) is 12.1 Å². The zero-order valence-corrected chi connectivity index (χ0v) is 11.5. The molecule has 0 radical (unpaired) electrons. The molecule has 1 aromatic rings. The fourth-order valence-electron chi connectivity index (χ4n) is 2.28. The quantitative estimate of drug-likeness (QED) is 0.781. The van der Waals surface area contributed by atoms with E-state index in [4.69, 9.17) is 4.74 Å². The van der Waals surface area contributed by atoms with Crippen molar-refractivity contribution in [3.05, 3.63) is 35.4 Å². The summed E-state index contributed by atoms with van der Waals surface area (Å²) in [5, 5.41) is 3.65. The fraction of sp³-hybridized carbons (Fsp3) is 0.600. The van der Waals surface area contributed by atoms with E-state index in [1.807, 2.05) is 0 Å². The van der Waals surface area contributed by atoms with E-state index in [9.17, 15) is 0 Å². The van der Waals surface area contributed by atoms with Crippen LogP contribution in [0.4, 0.5) is 0 Å². The molecule has 1 N–H and O–H groups in total. The third-order valence-electron chi connectivity index (χ3n) is 3.15. The van der Waals surface area contributed by atoms with Gasteiger partial charge in [-0.3, -0.25) is 0 Å². The van der Waals surface area contributed by atoms with Crippen molar-refractivity contribution < 1.29 is 4.74 Å². The predicted molar refractivity (Wildman–Crippen MR) is 73.3 cm³/mol. The van der Waals surface area contributed by atoms with Crippen LogP contribution in [0.15, 0.2) is 24.3 Å². The lowest BCUT2D eigenvalue weighted by Gasteiger charge is -2.23. The smallest absolute Gasteiger partial charge is 0.0616 e. The Hall–Kier alpha value is -0.860. The molecule has 1 rings (SSSR count). The highest BCUT2D eigenvalue weighted by molar-refractivity contribution is 5.28. The third kappa shape index (κ3) is 4.49. The topological polar surface area (TPSA) is 21.3 Å². The first kappa shape index (κ1) is 14.2. The van der Waals surface area contributed by atoms with Gasteiger partial charge in [0.1, 0.15) is 0 Å². The maximum atomic E-state index is 5.26. The minimum absolute atomic E-state index is 0.378. The van der Waals surface area contributed by atoms with Crippen LogP contribution in [0, 0.1) is 6.92 Å². The fourth-order valence-corrected chi connectivity index (χ4v) is 2.28. The molecule has 0 saturated carbocycles. The molecule has 0 aromatic heterocycles. The molecule has 0 spiro atoms. The molecule has 0 heterocycles. The lowest BCUT2D eigenvalue weighted by atomic mass is 10.0. The van der Waals surface area contributed by atoms with Crippen LogP contribution in [0.1, 0.15) is 43.9 Å². The van der Waals surface area contributed by atoms with Gasteiger partial charge in [-0.2, -0.15) is 0 Å². The van der Waals surface area contributed by atoms with Crippen LogP contribution in [0.3, 0.4) is 0 Å². The maximum absolute atomic E-state index is 5.26. The van der Waals surface area contributed by atoms with E-state index in [-0.39, 0.29) is 0 Å². The molecule has 0 aliphatic heterocycles. The van der Waals surface area contributed by atoms with Gasteiger partial charge in [-0.05, 0) is 31.4 Å². The summed E-state index contributed by atoms with van der Waals surface area (Å²) in [6, 6.07) is 9.37. The Morgan fingerprint density at radius 3 is 2.59 bits per heavy atom. The summed E-state index contributed by atoms with van der Waals surface area (Å²) in [5.41, 5.74) is 2.73. The predicted octanol–water partition coefficient (Wildman–Crippen LogP) is 3.46. The summed E-state index contributed by atoms with van der Waals surface area (Å²) in [5.74, 6) is 0. The van der Waals surface area contributed by atoms with Gasteiger partial charge < -0.3 is 10.1 Å². The van der Waals surface area contributed by atoms with Gasteiger partial charge in [-0.1, -0.05) is 37.6 Å². The Balaban J connectivity index is 2.63. The minimum atomic E-state index is 0.378. The number of hydrogen-bond acceptors (Lipinski definition) is 2. The Labute approximate surface area is 105 Å². The van der Waals surface area contributed by atoms with Gasteiger partial charge in [0.25, 0.3) is 0 Å². The second-order valence-electron chi connectivity index (χ2n) is 4.69. The average Bonchev–Trinajstić information content (AvgIpc) is 2.30. The van der Waals surface area contributed by atoms with Crippen molar-refractivity contribution in [3.8, 4) is 0 Å². The second kappa shape index (κ2) is 7.46. The largest absolute Gasteiger partial charge is 0.383 e. The highest BCUT2D eigenvalue weighted by Crippen LogP contribution is 2.18. The molecule has 0 saturated heterocycles. The number of hydrogen-bond donors (Lipinski definition) is 1. The summed E-state index contributed by atoms with van der Waals surface area (Å²) in [7, 11) is 1.77. The summed E-state index contributed by atoms with van der Waals surface area (Å²) >= 11 is 0. The van der Waals surface area contributed by atoms with Gasteiger partial charge in [-0.15, -0.1) is 0 Å². The molecule has 1 aromatic carbocycles. The number of ether oxygens (including phenoxy) is 1. The Morgan fingerprint density at radius 1 is 1.29 bits per heavy atom. The first-order chi connectivity index (χ1) is 8.19. The molecule has 2 heteroatoms. The molecule has 2 unspecified atom stereocenters. The molecule has 0 bridgehead atoms. The van der Waals surface area contributed by atoms with E-state index >= 15 is 0 Å². The normalized spacial score (nSPS) is 14.6. The van der Waals surface area contributed by atoms with Crippen LogP contribution < -0.4 is 5.32 Å². The molecule has 0 aliphatic carbocycles. The van der Waals surface area contributed by atoms with Crippen LogP contribution in [-0.4, -0.2) is 19.8 Å². The Bertz CT molecular complexity index is 318. The van der Waals surface area contributed by atoms with E-state index in [2.05, 4.69) is 50.4 Å². The first-order valence-electron chi connectivity index (χ1n) is 6.49. The van der Waals surface area contributed by atoms with Crippen molar-refractivity contribution in [2.24, 2.45) is 0 Å². The molecular weight excluding hydrogens is 210 g/mol. The van der Waals surface area contributed by atoms with Crippen molar-refractivity contribution in [3.63, 3.8) is 0 Å². The number of rotatable bonds is 7. The van der Waals surface area contributed by atoms with Gasteiger partial charge in [0.05, 0.1) is 6.61 Å². The number of nitrogens with one attached hydrogen (secondary N) is 1. The molecule has 2 nitrogen and oxygen atoms in total.